The second-order valence-corrected chi connectivity index (χ2v) is 12.5. The first-order chi connectivity index (χ1) is 16.0. The lowest BCUT2D eigenvalue weighted by Crippen LogP contribution is -2.37. The summed E-state index contributed by atoms with van der Waals surface area (Å²) in [6.07, 6.45) is 15.5. The normalized spacial score (nSPS) is 35.6. The van der Waals surface area contributed by atoms with E-state index in [1.54, 1.807) is 0 Å². The molecular weight excluding hydrogens is 424 g/mol. The maximum absolute atomic E-state index is 10.8. The number of hydrogen-bond acceptors (Lipinski definition) is 4. The Morgan fingerprint density at radius 1 is 1.18 bits per heavy atom. The van der Waals surface area contributed by atoms with Crippen molar-refractivity contribution in [2.45, 2.75) is 117 Å². The molecule has 194 valence electrons. The Morgan fingerprint density at radius 2 is 1.91 bits per heavy atom. The van der Waals surface area contributed by atoms with Crippen LogP contribution < -0.4 is 0 Å². The molecule has 0 spiro atoms. The smallest absolute Gasteiger partial charge is 0.0806 e. The van der Waals surface area contributed by atoms with Gasteiger partial charge in [-0.2, -0.15) is 0 Å². The number of fused-ring (bicyclic) bond motifs is 1. The van der Waals surface area contributed by atoms with Gasteiger partial charge in [0, 0.05) is 12.5 Å². The van der Waals surface area contributed by atoms with Crippen LogP contribution in [-0.4, -0.2) is 44.8 Å². The molecule has 0 aromatic heterocycles. The van der Waals surface area contributed by atoms with Crippen LogP contribution in [0.1, 0.15) is 98.8 Å². The highest BCUT2D eigenvalue weighted by atomic mass is 16.3. The van der Waals surface area contributed by atoms with Gasteiger partial charge < -0.3 is 20.4 Å². The Bertz CT molecular complexity index is 773. The van der Waals surface area contributed by atoms with Crippen molar-refractivity contribution in [1.82, 2.24) is 0 Å². The van der Waals surface area contributed by atoms with E-state index in [2.05, 4.69) is 32.1 Å². The quantitative estimate of drug-likeness (QED) is 0.327. The molecule has 4 N–H and O–H groups in total. The van der Waals surface area contributed by atoms with Gasteiger partial charge in [0.15, 0.2) is 0 Å². The third-order valence-corrected chi connectivity index (χ3v) is 9.46. The van der Waals surface area contributed by atoms with Gasteiger partial charge in [0.25, 0.3) is 0 Å². The van der Waals surface area contributed by atoms with Gasteiger partial charge in [-0.15, -0.1) is 0 Å². The summed E-state index contributed by atoms with van der Waals surface area (Å²) in [6.45, 7) is 10.8. The zero-order valence-corrected chi connectivity index (χ0v) is 22.3. The molecule has 4 nitrogen and oxygen atoms in total. The Labute approximate surface area is 207 Å². The average Bonchev–Trinajstić information content (AvgIpc) is 3.12. The van der Waals surface area contributed by atoms with Gasteiger partial charge in [-0.3, -0.25) is 0 Å². The lowest BCUT2D eigenvalue weighted by molar-refractivity contribution is 0.0127. The molecule has 0 heterocycles. The molecule has 0 aliphatic heterocycles. The molecule has 4 heteroatoms. The summed E-state index contributed by atoms with van der Waals surface area (Å²) in [4.78, 5) is 0. The van der Waals surface area contributed by atoms with Crippen LogP contribution in [0.4, 0.5) is 0 Å². The summed E-state index contributed by atoms with van der Waals surface area (Å²) in [6, 6.07) is 0. The highest BCUT2D eigenvalue weighted by molar-refractivity contribution is 5.37. The average molecular weight is 475 g/mol. The van der Waals surface area contributed by atoms with E-state index >= 15 is 0 Å². The summed E-state index contributed by atoms with van der Waals surface area (Å²) >= 11 is 0. The topological polar surface area (TPSA) is 80.9 Å². The molecule has 0 radical (unpaired) electrons. The Kier molecular flexibility index (Phi) is 9.28. The molecule has 3 aliphatic carbocycles. The fraction of sp³-hybridized carbons (Fsp3) is 0.800. The van der Waals surface area contributed by atoms with Crippen molar-refractivity contribution in [3.63, 3.8) is 0 Å². The summed E-state index contributed by atoms with van der Waals surface area (Å²) in [5, 5.41) is 40.7. The lowest BCUT2D eigenvalue weighted by atomic mass is 9.62. The molecule has 34 heavy (non-hydrogen) atoms. The third kappa shape index (κ3) is 6.24. The van der Waals surface area contributed by atoms with Crippen LogP contribution in [0.15, 0.2) is 34.9 Å². The number of aliphatic hydroxyl groups excluding tert-OH is 3. The van der Waals surface area contributed by atoms with Gasteiger partial charge in [-0.1, -0.05) is 44.9 Å². The van der Waals surface area contributed by atoms with Crippen molar-refractivity contribution in [3.05, 3.63) is 34.9 Å². The Hall–Kier alpha value is -0.940. The molecule has 0 aromatic rings. The number of rotatable bonds is 10. The van der Waals surface area contributed by atoms with Gasteiger partial charge in [-0.05, 0) is 112 Å². The largest absolute Gasteiger partial charge is 0.396 e. The maximum Gasteiger partial charge on any atom is 0.0806 e. The zero-order chi connectivity index (χ0) is 25.1. The molecule has 1 saturated carbocycles. The van der Waals surface area contributed by atoms with E-state index in [4.69, 9.17) is 5.11 Å². The van der Waals surface area contributed by atoms with Crippen LogP contribution in [0.3, 0.4) is 0 Å². The van der Waals surface area contributed by atoms with Crippen LogP contribution in [0.2, 0.25) is 0 Å². The van der Waals surface area contributed by atoms with E-state index in [9.17, 15) is 15.3 Å². The first kappa shape index (κ1) is 27.6. The Morgan fingerprint density at radius 3 is 2.59 bits per heavy atom. The minimum atomic E-state index is -0.638. The molecule has 3 rings (SSSR count). The fourth-order valence-electron chi connectivity index (χ4n) is 7.37. The van der Waals surface area contributed by atoms with E-state index in [0.29, 0.717) is 36.5 Å². The summed E-state index contributed by atoms with van der Waals surface area (Å²) < 4.78 is 0. The predicted molar refractivity (Wildman–Crippen MR) is 139 cm³/mol. The summed E-state index contributed by atoms with van der Waals surface area (Å²) in [5.41, 5.74) is 3.22. The summed E-state index contributed by atoms with van der Waals surface area (Å²) in [7, 11) is 0. The van der Waals surface area contributed by atoms with Gasteiger partial charge in [0.1, 0.15) is 0 Å². The Balaban J connectivity index is 1.68. The SMILES string of the molecule is CC1=C(/C=C\C2=CCC[C@]3(C)[C@@H]([C@H](C)CCCC(C)(C)O)CC[C@@H]23)C[C@@H](O)[C@H](CCCO)[C@@H]1O. The maximum atomic E-state index is 10.8. The summed E-state index contributed by atoms with van der Waals surface area (Å²) in [5.74, 6) is 1.79. The number of aliphatic hydroxyl groups is 4. The third-order valence-electron chi connectivity index (χ3n) is 9.46. The van der Waals surface area contributed by atoms with Crippen LogP contribution in [0.25, 0.3) is 0 Å². The number of allylic oxidation sites excluding steroid dienone is 4. The predicted octanol–water partition coefficient (Wildman–Crippen LogP) is 5.70. The van der Waals surface area contributed by atoms with Gasteiger partial charge in [-0.25, -0.2) is 0 Å². The van der Waals surface area contributed by atoms with Crippen LogP contribution in [0.5, 0.6) is 0 Å². The lowest BCUT2D eigenvalue weighted by Gasteiger charge is -2.43. The highest BCUT2D eigenvalue weighted by Gasteiger charge is 2.49. The van der Waals surface area contributed by atoms with Gasteiger partial charge in [0.2, 0.25) is 0 Å². The van der Waals surface area contributed by atoms with Crippen molar-refractivity contribution < 1.29 is 20.4 Å². The van der Waals surface area contributed by atoms with Gasteiger partial charge in [0.05, 0.1) is 17.8 Å². The van der Waals surface area contributed by atoms with E-state index in [-0.39, 0.29) is 12.5 Å². The first-order valence-corrected chi connectivity index (χ1v) is 13.7. The molecule has 0 amide bonds. The minimum Gasteiger partial charge on any atom is -0.396 e. The standard InChI is InChI=1S/C30H50O4/c1-20(9-6-16-29(3,4)34)25-14-15-26-22(10-7-17-30(25,26)5)12-13-23-19-27(32)24(11-8-18-31)28(33)21(23)2/h10,12-13,20,24-28,31-34H,6-9,11,14-19H2,1-5H3/b13-12-/t20-,24+,25-,26+,27-,28-,30-/m1/s1. The van der Waals surface area contributed by atoms with E-state index in [1.165, 1.54) is 31.3 Å². The number of hydrogen-bond donors (Lipinski definition) is 4. The van der Waals surface area contributed by atoms with Crippen molar-refractivity contribution in [3.8, 4) is 0 Å². The van der Waals surface area contributed by atoms with E-state index in [1.807, 2.05) is 20.8 Å². The van der Waals surface area contributed by atoms with Crippen molar-refractivity contribution in [2.24, 2.45) is 29.1 Å². The molecule has 0 saturated heterocycles. The van der Waals surface area contributed by atoms with Gasteiger partial charge >= 0.3 is 0 Å². The molecule has 0 unspecified atom stereocenters. The second-order valence-electron chi connectivity index (χ2n) is 12.5. The molecule has 1 fully saturated rings. The zero-order valence-electron chi connectivity index (χ0n) is 22.3. The molecular formula is C30H50O4. The first-order valence-electron chi connectivity index (χ1n) is 13.7. The van der Waals surface area contributed by atoms with Crippen molar-refractivity contribution in [1.29, 1.82) is 0 Å². The van der Waals surface area contributed by atoms with Crippen LogP contribution >= 0.6 is 0 Å². The second kappa shape index (κ2) is 11.4. The van der Waals surface area contributed by atoms with E-state index in [0.717, 1.165) is 36.3 Å². The van der Waals surface area contributed by atoms with Crippen LogP contribution in [-0.2, 0) is 0 Å². The molecule has 0 bridgehead atoms. The monoisotopic (exact) mass is 474 g/mol. The van der Waals surface area contributed by atoms with Crippen LogP contribution in [0, 0.1) is 29.1 Å². The highest BCUT2D eigenvalue weighted by Crippen LogP contribution is 2.58. The molecule has 7 atom stereocenters. The molecule has 0 aromatic carbocycles. The van der Waals surface area contributed by atoms with Crippen molar-refractivity contribution in [2.75, 3.05) is 6.61 Å². The fourth-order valence-corrected chi connectivity index (χ4v) is 7.37. The minimum absolute atomic E-state index is 0.0960. The van der Waals surface area contributed by atoms with Crippen molar-refractivity contribution >= 4 is 0 Å². The molecule has 3 aliphatic rings. The van der Waals surface area contributed by atoms with E-state index < -0.39 is 17.8 Å².